The molecule has 0 bridgehead atoms. The van der Waals surface area contributed by atoms with Gasteiger partial charge in [-0.15, -0.1) is 0 Å². The van der Waals surface area contributed by atoms with Crippen LogP contribution in [0.3, 0.4) is 0 Å². The molecule has 1 aromatic carbocycles. The third-order valence-electron chi connectivity index (χ3n) is 3.39. The first-order valence-corrected chi connectivity index (χ1v) is 6.24. The maximum absolute atomic E-state index is 11.0. The third kappa shape index (κ3) is 2.42. The molecule has 2 unspecified atom stereocenters. The molecule has 0 spiro atoms. The summed E-state index contributed by atoms with van der Waals surface area (Å²) < 4.78 is 0. The predicted molar refractivity (Wildman–Crippen MR) is 70.1 cm³/mol. The minimum absolute atomic E-state index is 0.0220. The molecule has 0 saturated carbocycles. The fraction of sp³-hybridized carbons (Fsp3) is 0.500. The molecule has 18 heavy (non-hydrogen) atoms. The highest BCUT2D eigenvalue weighted by molar-refractivity contribution is 6.33. The summed E-state index contributed by atoms with van der Waals surface area (Å²) in [6.45, 7) is 3.03. The summed E-state index contributed by atoms with van der Waals surface area (Å²) in [6.07, 6.45) is 0.414. The van der Waals surface area contributed by atoms with E-state index in [0.29, 0.717) is 23.8 Å². The van der Waals surface area contributed by atoms with Crippen LogP contribution in [0, 0.1) is 16.0 Å². The van der Waals surface area contributed by atoms with E-state index in [-0.39, 0.29) is 11.6 Å². The Balaban J connectivity index is 2.32. The van der Waals surface area contributed by atoms with Crippen LogP contribution in [0.2, 0.25) is 5.02 Å². The van der Waals surface area contributed by atoms with E-state index in [2.05, 4.69) is 0 Å². The van der Waals surface area contributed by atoms with Crippen molar-refractivity contribution in [2.24, 2.45) is 5.92 Å². The topological polar surface area (TPSA) is 66.6 Å². The number of hydrogen-bond acceptors (Lipinski definition) is 4. The van der Waals surface area contributed by atoms with E-state index in [9.17, 15) is 15.2 Å². The van der Waals surface area contributed by atoms with Crippen molar-refractivity contribution in [2.75, 3.05) is 18.0 Å². The summed E-state index contributed by atoms with van der Waals surface area (Å²) >= 11 is 6.07. The second-order valence-electron chi connectivity index (χ2n) is 4.60. The number of nitro groups is 1. The number of benzene rings is 1. The van der Waals surface area contributed by atoms with Gasteiger partial charge in [-0.05, 0) is 19.4 Å². The van der Waals surface area contributed by atoms with E-state index in [1.807, 2.05) is 4.90 Å². The standard InChI is InChI=1S/C12H15ClN2O3/c1-8(16)9-5-6-14(7-9)12-10(13)3-2-4-11(12)15(17)18/h2-4,8-9,16H,5-7H2,1H3. The molecular formula is C12H15ClN2O3. The minimum atomic E-state index is -0.420. The molecule has 0 amide bonds. The van der Waals surface area contributed by atoms with Gasteiger partial charge in [0.15, 0.2) is 0 Å². The molecule has 1 aliphatic heterocycles. The van der Waals surface area contributed by atoms with Crippen LogP contribution < -0.4 is 4.90 Å². The van der Waals surface area contributed by atoms with Gasteiger partial charge in [0.1, 0.15) is 5.69 Å². The van der Waals surface area contributed by atoms with Gasteiger partial charge in [0.05, 0.1) is 16.0 Å². The van der Waals surface area contributed by atoms with E-state index in [4.69, 9.17) is 11.6 Å². The summed E-state index contributed by atoms with van der Waals surface area (Å²) in [5, 5.41) is 21.0. The van der Waals surface area contributed by atoms with E-state index in [0.717, 1.165) is 6.42 Å². The lowest BCUT2D eigenvalue weighted by atomic mass is 10.0. The Kier molecular flexibility index (Phi) is 3.73. The second kappa shape index (κ2) is 5.12. The van der Waals surface area contributed by atoms with E-state index in [1.165, 1.54) is 6.07 Å². The normalized spacial score (nSPS) is 21.1. The quantitative estimate of drug-likeness (QED) is 0.677. The number of hydrogen-bond donors (Lipinski definition) is 1. The fourth-order valence-electron chi connectivity index (χ4n) is 2.35. The molecule has 1 aliphatic rings. The summed E-state index contributed by atoms with van der Waals surface area (Å²) in [5.74, 6) is 0.140. The van der Waals surface area contributed by atoms with E-state index < -0.39 is 11.0 Å². The van der Waals surface area contributed by atoms with E-state index >= 15 is 0 Å². The van der Waals surface area contributed by atoms with Crippen molar-refractivity contribution in [3.63, 3.8) is 0 Å². The van der Waals surface area contributed by atoms with Crippen LogP contribution in [-0.2, 0) is 0 Å². The summed E-state index contributed by atoms with van der Waals surface area (Å²) in [7, 11) is 0. The van der Waals surface area contributed by atoms with Crippen LogP contribution in [0.25, 0.3) is 0 Å². The predicted octanol–water partition coefficient (Wildman–Crippen LogP) is 2.46. The van der Waals surface area contributed by atoms with Crippen LogP contribution in [0.4, 0.5) is 11.4 Å². The molecule has 2 atom stereocenters. The lowest BCUT2D eigenvalue weighted by molar-refractivity contribution is -0.384. The Morgan fingerprint density at radius 3 is 2.89 bits per heavy atom. The van der Waals surface area contributed by atoms with Gasteiger partial charge in [-0.2, -0.15) is 0 Å². The highest BCUT2D eigenvalue weighted by Crippen LogP contribution is 2.38. The molecule has 0 aromatic heterocycles. The summed E-state index contributed by atoms with van der Waals surface area (Å²) in [4.78, 5) is 12.5. The minimum Gasteiger partial charge on any atom is -0.393 e. The first kappa shape index (κ1) is 13.1. The number of aliphatic hydroxyl groups is 1. The molecule has 1 aromatic rings. The number of para-hydroxylation sites is 1. The fourth-order valence-corrected chi connectivity index (χ4v) is 2.64. The number of nitro benzene ring substituents is 1. The molecule has 6 heteroatoms. The Morgan fingerprint density at radius 1 is 1.61 bits per heavy atom. The van der Waals surface area contributed by atoms with E-state index in [1.54, 1.807) is 19.1 Å². The van der Waals surface area contributed by atoms with Crippen LogP contribution >= 0.6 is 11.6 Å². The van der Waals surface area contributed by atoms with Gasteiger partial charge >= 0.3 is 0 Å². The van der Waals surface area contributed by atoms with Crippen molar-refractivity contribution >= 4 is 23.0 Å². The molecule has 1 N–H and O–H groups in total. The van der Waals surface area contributed by atoms with Crippen LogP contribution in [0.5, 0.6) is 0 Å². The largest absolute Gasteiger partial charge is 0.393 e. The van der Waals surface area contributed by atoms with Gasteiger partial charge < -0.3 is 10.0 Å². The Hall–Kier alpha value is -1.33. The van der Waals surface area contributed by atoms with Gasteiger partial charge in [0.25, 0.3) is 5.69 Å². The molecular weight excluding hydrogens is 256 g/mol. The van der Waals surface area contributed by atoms with Gasteiger partial charge in [0, 0.05) is 25.1 Å². The summed E-state index contributed by atoms with van der Waals surface area (Å²) in [5.41, 5.74) is 0.487. The van der Waals surface area contributed by atoms with Gasteiger partial charge in [0.2, 0.25) is 0 Å². The molecule has 1 fully saturated rings. The van der Waals surface area contributed by atoms with Crippen LogP contribution in [0.1, 0.15) is 13.3 Å². The first-order valence-electron chi connectivity index (χ1n) is 5.86. The number of halogens is 1. The van der Waals surface area contributed by atoms with Gasteiger partial charge in [-0.25, -0.2) is 0 Å². The number of aliphatic hydroxyl groups excluding tert-OH is 1. The molecule has 1 heterocycles. The zero-order valence-electron chi connectivity index (χ0n) is 10.0. The third-order valence-corrected chi connectivity index (χ3v) is 3.69. The van der Waals surface area contributed by atoms with Crippen LogP contribution in [-0.4, -0.2) is 29.2 Å². The monoisotopic (exact) mass is 270 g/mol. The zero-order chi connectivity index (χ0) is 13.3. The average molecular weight is 271 g/mol. The molecule has 0 aliphatic carbocycles. The zero-order valence-corrected chi connectivity index (χ0v) is 10.8. The molecule has 2 rings (SSSR count). The summed E-state index contributed by atoms with van der Waals surface area (Å²) in [6, 6.07) is 4.68. The lowest BCUT2D eigenvalue weighted by Crippen LogP contribution is -2.24. The van der Waals surface area contributed by atoms with Crippen LogP contribution in [0.15, 0.2) is 18.2 Å². The Labute approximate surface area is 110 Å². The van der Waals surface area contributed by atoms with Gasteiger partial charge in [-0.3, -0.25) is 10.1 Å². The van der Waals surface area contributed by atoms with Crippen molar-refractivity contribution < 1.29 is 10.0 Å². The second-order valence-corrected chi connectivity index (χ2v) is 5.01. The van der Waals surface area contributed by atoms with Crippen molar-refractivity contribution in [3.05, 3.63) is 33.3 Å². The van der Waals surface area contributed by atoms with Crippen molar-refractivity contribution in [1.29, 1.82) is 0 Å². The molecule has 98 valence electrons. The maximum Gasteiger partial charge on any atom is 0.294 e. The number of anilines is 1. The molecule has 1 saturated heterocycles. The first-order chi connectivity index (χ1) is 8.50. The molecule has 5 nitrogen and oxygen atoms in total. The van der Waals surface area contributed by atoms with Gasteiger partial charge in [-0.1, -0.05) is 17.7 Å². The average Bonchev–Trinajstić information content (AvgIpc) is 2.77. The molecule has 0 radical (unpaired) electrons. The van der Waals surface area contributed by atoms with Crippen molar-refractivity contribution in [2.45, 2.75) is 19.4 Å². The highest BCUT2D eigenvalue weighted by Gasteiger charge is 2.31. The SMILES string of the molecule is CC(O)C1CCN(c2c(Cl)cccc2[N+](=O)[O-])C1. The maximum atomic E-state index is 11.0. The van der Waals surface area contributed by atoms with Crippen molar-refractivity contribution in [3.8, 4) is 0 Å². The van der Waals surface area contributed by atoms with Crippen molar-refractivity contribution in [1.82, 2.24) is 0 Å². The Bertz CT molecular complexity index is 465. The Morgan fingerprint density at radius 2 is 2.33 bits per heavy atom. The number of nitrogens with zero attached hydrogens (tertiary/aromatic N) is 2. The number of rotatable bonds is 3. The highest BCUT2D eigenvalue weighted by atomic mass is 35.5. The lowest BCUT2D eigenvalue weighted by Gasteiger charge is -2.20. The smallest absolute Gasteiger partial charge is 0.294 e.